The van der Waals surface area contributed by atoms with Crippen molar-refractivity contribution in [2.75, 3.05) is 14.2 Å². The zero-order valence-corrected chi connectivity index (χ0v) is 12.4. The van der Waals surface area contributed by atoms with Crippen molar-refractivity contribution in [2.24, 2.45) is 5.92 Å². The maximum Gasteiger partial charge on any atom is 0.307 e. The van der Waals surface area contributed by atoms with Crippen LogP contribution in [0.4, 0.5) is 0 Å². The van der Waals surface area contributed by atoms with E-state index in [9.17, 15) is 4.79 Å². The molecule has 0 radical (unpaired) electrons. The van der Waals surface area contributed by atoms with Crippen LogP contribution in [-0.2, 0) is 17.8 Å². The Labute approximate surface area is 127 Å². The van der Waals surface area contributed by atoms with Gasteiger partial charge in [-0.25, -0.2) is 9.67 Å². The largest absolute Gasteiger partial charge is 0.497 e. The second kappa shape index (κ2) is 5.67. The lowest BCUT2D eigenvalue weighted by atomic mass is 9.98. The minimum atomic E-state index is -0.779. The molecule has 1 aromatic heterocycles. The van der Waals surface area contributed by atoms with Crippen molar-refractivity contribution in [3.8, 4) is 22.9 Å². The number of hydrogen-bond donors (Lipinski definition) is 1. The number of carbonyl (C=O) groups is 1. The van der Waals surface area contributed by atoms with Gasteiger partial charge in [0.15, 0.2) is 5.82 Å². The lowest BCUT2D eigenvalue weighted by molar-refractivity contribution is -0.142. The normalized spacial score (nSPS) is 16.9. The van der Waals surface area contributed by atoms with Crippen LogP contribution in [0.15, 0.2) is 18.2 Å². The van der Waals surface area contributed by atoms with Gasteiger partial charge >= 0.3 is 5.97 Å². The van der Waals surface area contributed by atoms with Crippen molar-refractivity contribution in [3.63, 3.8) is 0 Å². The Balaban J connectivity index is 1.96. The average molecular weight is 303 g/mol. The number of fused-ring (bicyclic) bond motifs is 1. The molecule has 116 valence electrons. The van der Waals surface area contributed by atoms with Crippen molar-refractivity contribution in [2.45, 2.75) is 19.4 Å². The zero-order chi connectivity index (χ0) is 15.7. The number of ether oxygens (including phenoxy) is 2. The van der Waals surface area contributed by atoms with E-state index >= 15 is 0 Å². The van der Waals surface area contributed by atoms with Crippen molar-refractivity contribution < 1.29 is 19.4 Å². The van der Waals surface area contributed by atoms with E-state index in [-0.39, 0.29) is 5.92 Å². The fourth-order valence-corrected chi connectivity index (χ4v) is 2.57. The summed E-state index contributed by atoms with van der Waals surface area (Å²) in [6, 6.07) is 5.44. The van der Waals surface area contributed by atoms with Gasteiger partial charge in [0, 0.05) is 24.6 Å². The first-order valence-electron chi connectivity index (χ1n) is 7.00. The van der Waals surface area contributed by atoms with Gasteiger partial charge in [-0.05, 0) is 18.6 Å². The molecule has 1 aliphatic rings. The first kappa shape index (κ1) is 14.4. The Morgan fingerprint density at radius 1 is 1.27 bits per heavy atom. The molecule has 7 heteroatoms. The maximum absolute atomic E-state index is 11.1. The number of nitrogens with zero attached hydrogens (tertiary/aromatic N) is 3. The summed E-state index contributed by atoms with van der Waals surface area (Å²) in [5.41, 5.74) is 0.782. The molecule has 0 aliphatic carbocycles. The van der Waals surface area contributed by atoms with Crippen LogP contribution in [-0.4, -0.2) is 40.1 Å². The number of hydrogen-bond acceptors (Lipinski definition) is 5. The first-order chi connectivity index (χ1) is 10.6. The highest BCUT2D eigenvalue weighted by molar-refractivity contribution is 5.70. The van der Waals surface area contributed by atoms with Gasteiger partial charge in [0.2, 0.25) is 0 Å². The molecule has 1 aromatic carbocycles. The molecule has 1 unspecified atom stereocenters. The molecule has 3 rings (SSSR count). The first-order valence-corrected chi connectivity index (χ1v) is 7.00. The van der Waals surface area contributed by atoms with Crippen LogP contribution in [0.2, 0.25) is 0 Å². The van der Waals surface area contributed by atoms with E-state index in [0.29, 0.717) is 42.5 Å². The Bertz CT molecular complexity index is 689. The van der Waals surface area contributed by atoms with Crippen LogP contribution in [0.5, 0.6) is 11.5 Å². The summed E-state index contributed by atoms with van der Waals surface area (Å²) in [6.07, 6.45) is 0.982. The summed E-state index contributed by atoms with van der Waals surface area (Å²) in [5.74, 6) is 1.41. The topological polar surface area (TPSA) is 86.5 Å². The standard InChI is InChI=1S/C15H17N3O4/c1-21-11-5-10(6-12(8-11)22-2)14-16-13-7-9(15(19)20)3-4-18(13)17-14/h5-6,8-9H,3-4,7H2,1-2H3,(H,19,20). The number of carboxylic acids is 1. The molecule has 22 heavy (non-hydrogen) atoms. The van der Waals surface area contributed by atoms with Gasteiger partial charge in [-0.1, -0.05) is 0 Å². The van der Waals surface area contributed by atoms with Crippen LogP contribution in [0.1, 0.15) is 12.2 Å². The second-order valence-corrected chi connectivity index (χ2v) is 5.20. The van der Waals surface area contributed by atoms with E-state index < -0.39 is 5.97 Å². The average Bonchev–Trinajstić information content (AvgIpc) is 2.97. The Morgan fingerprint density at radius 2 is 1.95 bits per heavy atom. The molecule has 0 fully saturated rings. The molecule has 1 N–H and O–H groups in total. The summed E-state index contributed by atoms with van der Waals surface area (Å²) in [5, 5.41) is 13.6. The van der Waals surface area contributed by atoms with E-state index in [1.54, 1.807) is 25.0 Å². The van der Waals surface area contributed by atoms with Crippen molar-refractivity contribution >= 4 is 5.97 Å². The molecule has 0 saturated heterocycles. The summed E-state index contributed by atoms with van der Waals surface area (Å²) >= 11 is 0. The molecule has 0 amide bonds. The molecular formula is C15H17N3O4. The Morgan fingerprint density at radius 3 is 2.55 bits per heavy atom. The van der Waals surface area contributed by atoms with E-state index in [0.717, 1.165) is 5.56 Å². The van der Waals surface area contributed by atoms with E-state index in [1.165, 1.54) is 0 Å². The van der Waals surface area contributed by atoms with Gasteiger partial charge in [-0.2, -0.15) is 5.10 Å². The minimum Gasteiger partial charge on any atom is -0.497 e. The van der Waals surface area contributed by atoms with Crippen LogP contribution < -0.4 is 9.47 Å². The Hall–Kier alpha value is -2.57. The lowest BCUT2D eigenvalue weighted by Gasteiger charge is -2.17. The maximum atomic E-state index is 11.1. The lowest BCUT2D eigenvalue weighted by Crippen LogP contribution is -2.26. The Kier molecular flexibility index (Phi) is 3.70. The number of benzene rings is 1. The van der Waals surface area contributed by atoms with E-state index in [1.807, 2.05) is 12.1 Å². The van der Waals surface area contributed by atoms with Crippen LogP contribution in [0.25, 0.3) is 11.4 Å². The fraction of sp³-hybridized carbons (Fsp3) is 0.400. The number of rotatable bonds is 4. The van der Waals surface area contributed by atoms with Gasteiger partial charge in [-0.15, -0.1) is 0 Å². The van der Waals surface area contributed by atoms with Gasteiger partial charge in [0.1, 0.15) is 17.3 Å². The summed E-state index contributed by atoms with van der Waals surface area (Å²) in [4.78, 5) is 15.6. The third-order valence-electron chi connectivity index (χ3n) is 3.83. The summed E-state index contributed by atoms with van der Waals surface area (Å²) in [7, 11) is 3.17. The molecule has 0 spiro atoms. The third-order valence-corrected chi connectivity index (χ3v) is 3.83. The third kappa shape index (κ3) is 2.61. The number of carboxylic acid groups (broad SMARTS) is 1. The molecule has 2 aromatic rings. The summed E-state index contributed by atoms with van der Waals surface area (Å²) < 4.78 is 12.3. The molecule has 1 atom stereocenters. The fourth-order valence-electron chi connectivity index (χ4n) is 2.57. The molecule has 7 nitrogen and oxygen atoms in total. The number of aliphatic carboxylic acids is 1. The predicted octanol–water partition coefficient (Wildman–Crippen LogP) is 1.61. The monoisotopic (exact) mass is 303 g/mol. The molecule has 0 saturated carbocycles. The number of methoxy groups -OCH3 is 2. The van der Waals surface area contributed by atoms with Gasteiger partial charge in [0.25, 0.3) is 0 Å². The predicted molar refractivity (Wildman–Crippen MR) is 78.0 cm³/mol. The van der Waals surface area contributed by atoms with Crippen molar-refractivity contribution in [1.29, 1.82) is 0 Å². The van der Waals surface area contributed by atoms with Gasteiger partial charge in [0.05, 0.1) is 20.1 Å². The highest BCUT2D eigenvalue weighted by Crippen LogP contribution is 2.29. The minimum absolute atomic E-state index is 0.385. The van der Waals surface area contributed by atoms with Crippen molar-refractivity contribution in [3.05, 3.63) is 24.0 Å². The van der Waals surface area contributed by atoms with Gasteiger partial charge < -0.3 is 14.6 Å². The second-order valence-electron chi connectivity index (χ2n) is 5.20. The van der Waals surface area contributed by atoms with Gasteiger partial charge in [-0.3, -0.25) is 4.79 Å². The molecule has 0 bridgehead atoms. The number of aromatic nitrogens is 3. The molecule has 1 aliphatic heterocycles. The highest BCUT2D eigenvalue weighted by Gasteiger charge is 2.27. The molecular weight excluding hydrogens is 286 g/mol. The van der Waals surface area contributed by atoms with Crippen LogP contribution in [0.3, 0.4) is 0 Å². The van der Waals surface area contributed by atoms with E-state index in [4.69, 9.17) is 14.6 Å². The number of aryl methyl sites for hydroxylation is 1. The highest BCUT2D eigenvalue weighted by atomic mass is 16.5. The SMILES string of the molecule is COc1cc(OC)cc(-c2nc3n(n2)CCC(C(=O)O)C3)c1. The quantitative estimate of drug-likeness (QED) is 0.923. The van der Waals surface area contributed by atoms with Crippen LogP contribution >= 0.6 is 0 Å². The summed E-state index contributed by atoms with van der Waals surface area (Å²) in [6.45, 7) is 0.570. The molecule has 2 heterocycles. The van der Waals surface area contributed by atoms with Crippen LogP contribution in [0, 0.1) is 5.92 Å². The smallest absolute Gasteiger partial charge is 0.307 e. The zero-order valence-electron chi connectivity index (χ0n) is 12.4. The van der Waals surface area contributed by atoms with E-state index in [2.05, 4.69) is 10.1 Å². The van der Waals surface area contributed by atoms with Crippen molar-refractivity contribution in [1.82, 2.24) is 14.8 Å².